The van der Waals surface area contributed by atoms with Gasteiger partial charge in [-0.15, -0.1) is 11.3 Å². The van der Waals surface area contributed by atoms with Gasteiger partial charge in [0.2, 0.25) is 0 Å². The van der Waals surface area contributed by atoms with Crippen molar-refractivity contribution >= 4 is 23.6 Å². The molecule has 0 spiro atoms. The monoisotopic (exact) mass is 255 g/mol. The number of carbonyl (C=O) groups is 1. The van der Waals surface area contributed by atoms with Crippen LogP contribution in [0.15, 0.2) is 5.38 Å². The van der Waals surface area contributed by atoms with Gasteiger partial charge >= 0.3 is 6.09 Å². The third-order valence-corrected chi connectivity index (χ3v) is 2.64. The Labute approximate surface area is 105 Å². The maximum Gasteiger partial charge on any atom is 0.410 e. The number of rotatable bonds is 3. The molecule has 0 aliphatic carbocycles. The molecule has 0 radical (unpaired) electrons. The van der Waals surface area contributed by atoms with Crippen molar-refractivity contribution in [3.05, 3.63) is 16.1 Å². The van der Waals surface area contributed by atoms with E-state index in [2.05, 4.69) is 4.98 Å². The van der Waals surface area contributed by atoms with Crippen molar-refractivity contribution in [3.63, 3.8) is 0 Å². The van der Waals surface area contributed by atoms with E-state index in [4.69, 9.17) is 10.1 Å². The molecule has 6 heteroatoms. The van der Waals surface area contributed by atoms with Crippen molar-refractivity contribution in [2.45, 2.75) is 32.9 Å². The molecule has 0 bridgehead atoms. The summed E-state index contributed by atoms with van der Waals surface area (Å²) in [6.07, 6.45) is 0.823. The third-order valence-electron chi connectivity index (χ3n) is 1.80. The van der Waals surface area contributed by atoms with E-state index in [0.717, 1.165) is 5.69 Å². The molecule has 1 amide bonds. The fourth-order valence-electron chi connectivity index (χ4n) is 1.11. The molecule has 0 aromatic carbocycles. The fourth-order valence-corrected chi connectivity index (χ4v) is 1.73. The zero-order chi connectivity index (χ0) is 13.1. The molecule has 5 nitrogen and oxygen atoms in total. The molecule has 0 saturated carbocycles. The van der Waals surface area contributed by atoms with E-state index < -0.39 is 5.60 Å². The molecule has 94 valence electrons. The van der Waals surface area contributed by atoms with Gasteiger partial charge in [-0.3, -0.25) is 0 Å². The molecule has 1 N–H and O–H groups in total. The highest BCUT2D eigenvalue weighted by molar-refractivity contribution is 7.11. The second kappa shape index (κ2) is 5.27. The molecule has 0 aliphatic rings. The smallest absolute Gasteiger partial charge is 0.410 e. The van der Waals surface area contributed by atoms with E-state index in [-0.39, 0.29) is 6.09 Å². The molecule has 0 unspecified atom stereocenters. The minimum atomic E-state index is -0.493. The van der Waals surface area contributed by atoms with Gasteiger partial charge in [0.25, 0.3) is 0 Å². The molecule has 1 rings (SSSR count). The van der Waals surface area contributed by atoms with Crippen LogP contribution in [0.1, 0.15) is 31.5 Å². The Morgan fingerprint density at radius 1 is 1.65 bits per heavy atom. The van der Waals surface area contributed by atoms with Gasteiger partial charge in [-0.2, -0.15) is 0 Å². The Morgan fingerprint density at radius 2 is 2.29 bits per heavy atom. The first-order chi connectivity index (χ1) is 7.81. The summed E-state index contributed by atoms with van der Waals surface area (Å²) in [5.41, 5.74) is 0.273. The molecule has 0 aliphatic heterocycles. The lowest BCUT2D eigenvalue weighted by molar-refractivity contribution is 0.0283. The lowest BCUT2D eigenvalue weighted by Crippen LogP contribution is -2.33. The minimum Gasteiger partial charge on any atom is -0.444 e. The van der Waals surface area contributed by atoms with Crippen LogP contribution < -0.4 is 0 Å². The first-order valence-corrected chi connectivity index (χ1v) is 6.09. The van der Waals surface area contributed by atoms with Crippen LogP contribution in [0.4, 0.5) is 4.79 Å². The molecular weight excluding hydrogens is 238 g/mol. The average molecular weight is 255 g/mol. The predicted molar refractivity (Wildman–Crippen MR) is 67.7 cm³/mol. The van der Waals surface area contributed by atoms with Crippen LogP contribution in [0.25, 0.3) is 0 Å². The Morgan fingerprint density at radius 3 is 2.76 bits per heavy atom. The van der Waals surface area contributed by atoms with E-state index in [0.29, 0.717) is 11.6 Å². The number of nitrogens with zero attached hydrogens (tertiary/aromatic N) is 2. The van der Waals surface area contributed by atoms with Crippen molar-refractivity contribution in [1.29, 1.82) is 5.41 Å². The van der Waals surface area contributed by atoms with Crippen molar-refractivity contribution in [2.75, 3.05) is 7.05 Å². The van der Waals surface area contributed by atoms with Crippen LogP contribution in [0.5, 0.6) is 0 Å². The lowest BCUT2D eigenvalue weighted by atomic mass is 10.2. The summed E-state index contributed by atoms with van der Waals surface area (Å²) in [6, 6.07) is 0. The Bertz CT molecular complexity index is 409. The highest BCUT2D eigenvalue weighted by Gasteiger charge is 2.20. The molecule has 1 aromatic heterocycles. The number of ether oxygens (including phenoxy) is 1. The molecular formula is C11H17N3O2S. The summed E-state index contributed by atoms with van der Waals surface area (Å²) in [6.45, 7) is 5.87. The molecule has 0 fully saturated rings. The standard InChI is InChI=1S/C11H17N3O2S/c1-11(2,3)16-10(15)14(4)6-8-7-17-9(5-12)13-8/h5,7,12H,6H2,1-4H3. The predicted octanol–water partition coefficient (Wildman–Crippen LogP) is 2.51. The number of hydrogen-bond donors (Lipinski definition) is 1. The molecule has 0 atom stereocenters. The number of nitrogens with one attached hydrogen (secondary N) is 1. The molecule has 0 saturated heterocycles. The summed E-state index contributed by atoms with van der Waals surface area (Å²) >= 11 is 1.38. The van der Waals surface area contributed by atoms with Crippen LogP contribution >= 0.6 is 11.3 Å². The largest absolute Gasteiger partial charge is 0.444 e. The van der Waals surface area contributed by atoms with Crippen molar-refractivity contribution in [1.82, 2.24) is 9.88 Å². The molecule has 1 heterocycles. The van der Waals surface area contributed by atoms with E-state index in [1.807, 2.05) is 26.2 Å². The second-order valence-corrected chi connectivity index (χ2v) is 5.55. The Hall–Kier alpha value is -1.43. The second-order valence-electron chi connectivity index (χ2n) is 4.66. The number of thiazole rings is 1. The van der Waals surface area contributed by atoms with Crippen molar-refractivity contribution in [2.24, 2.45) is 0 Å². The zero-order valence-electron chi connectivity index (χ0n) is 10.5. The minimum absolute atomic E-state index is 0.373. The van der Waals surface area contributed by atoms with Gasteiger partial charge in [-0.25, -0.2) is 9.78 Å². The van der Waals surface area contributed by atoms with Gasteiger partial charge < -0.3 is 15.0 Å². The Balaban J connectivity index is 2.56. The maximum absolute atomic E-state index is 11.7. The van der Waals surface area contributed by atoms with Crippen molar-refractivity contribution < 1.29 is 9.53 Å². The summed E-state index contributed by atoms with van der Waals surface area (Å²) < 4.78 is 5.22. The third kappa shape index (κ3) is 4.52. The topological polar surface area (TPSA) is 66.3 Å². The van der Waals surface area contributed by atoms with Gasteiger partial charge in [-0.1, -0.05) is 0 Å². The summed E-state index contributed by atoms with van der Waals surface area (Å²) in [4.78, 5) is 17.3. The average Bonchev–Trinajstić information content (AvgIpc) is 2.62. The van der Waals surface area contributed by atoms with Gasteiger partial charge in [-0.05, 0) is 20.8 Å². The normalized spacial score (nSPS) is 11.1. The number of carbonyl (C=O) groups excluding carboxylic acids is 1. The summed E-state index contributed by atoms with van der Waals surface area (Å²) in [7, 11) is 1.66. The first-order valence-electron chi connectivity index (χ1n) is 5.21. The lowest BCUT2D eigenvalue weighted by Gasteiger charge is -2.24. The molecule has 17 heavy (non-hydrogen) atoms. The van der Waals surface area contributed by atoms with E-state index >= 15 is 0 Å². The summed E-state index contributed by atoms with van der Waals surface area (Å²) in [5.74, 6) is 0. The van der Waals surface area contributed by atoms with Gasteiger partial charge in [0.05, 0.1) is 18.5 Å². The van der Waals surface area contributed by atoms with Crippen LogP contribution in [-0.4, -0.2) is 34.8 Å². The number of aromatic nitrogens is 1. The van der Waals surface area contributed by atoms with E-state index in [9.17, 15) is 4.79 Å². The quantitative estimate of drug-likeness (QED) is 0.844. The van der Waals surface area contributed by atoms with Gasteiger partial charge in [0, 0.05) is 12.4 Å². The number of amides is 1. The highest BCUT2D eigenvalue weighted by Crippen LogP contribution is 2.12. The van der Waals surface area contributed by atoms with E-state index in [1.54, 1.807) is 7.05 Å². The van der Waals surface area contributed by atoms with E-state index in [1.165, 1.54) is 22.5 Å². The maximum atomic E-state index is 11.7. The number of hydrogen-bond acceptors (Lipinski definition) is 5. The summed E-state index contributed by atoms with van der Waals surface area (Å²) in [5, 5.41) is 9.53. The zero-order valence-corrected chi connectivity index (χ0v) is 11.3. The Kier molecular flexibility index (Phi) is 4.22. The van der Waals surface area contributed by atoms with Gasteiger partial charge in [0.15, 0.2) is 0 Å². The van der Waals surface area contributed by atoms with Crippen LogP contribution in [0, 0.1) is 5.41 Å². The van der Waals surface area contributed by atoms with Gasteiger partial charge in [0.1, 0.15) is 10.6 Å². The SMILES string of the molecule is CN(Cc1csc(C=N)n1)C(=O)OC(C)(C)C. The van der Waals surface area contributed by atoms with Crippen molar-refractivity contribution in [3.8, 4) is 0 Å². The molecule has 1 aromatic rings. The first kappa shape index (κ1) is 13.6. The van der Waals surface area contributed by atoms with Crippen LogP contribution in [0.2, 0.25) is 0 Å². The fraction of sp³-hybridized carbons (Fsp3) is 0.545. The van der Waals surface area contributed by atoms with Crippen LogP contribution in [-0.2, 0) is 11.3 Å². The van der Waals surface area contributed by atoms with Crippen LogP contribution in [0.3, 0.4) is 0 Å². The highest BCUT2D eigenvalue weighted by atomic mass is 32.1.